The molecule has 2 amide bonds. The highest BCUT2D eigenvalue weighted by Gasteiger charge is 2.57. The number of ether oxygens (including phenoxy) is 3. The van der Waals surface area contributed by atoms with Crippen LogP contribution in [0.4, 0.5) is 36.1 Å². The van der Waals surface area contributed by atoms with Crippen LogP contribution in [0.3, 0.4) is 0 Å². The van der Waals surface area contributed by atoms with Gasteiger partial charge in [-0.3, -0.25) is 9.59 Å². The molecule has 1 aromatic carbocycles. The molecule has 230 valence electrons. The van der Waals surface area contributed by atoms with Crippen molar-refractivity contribution in [2.45, 2.75) is 30.9 Å². The van der Waals surface area contributed by atoms with E-state index in [4.69, 9.17) is 14.2 Å². The molecule has 3 N–H and O–H groups in total. The van der Waals surface area contributed by atoms with Gasteiger partial charge in [0.15, 0.2) is 0 Å². The molecule has 0 radical (unpaired) electrons. The van der Waals surface area contributed by atoms with E-state index in [1.807, 2.05) is 0 Å². The molecule has 2 aromatic heterocycles. The molecule has 2 fully saturated rings. The summed E-state index contributed by atoms with van der Waals surface area (Å²) in [5, 5.41) is 8.90. The number of fused-ring (bicyclic) bond motifs is 2. The standard InChI is InChI=1S/C30H29F3N6O5/c1-4-23(40)37-19-9-16(21-13-34-7-8-44-21)18(31)11-20(19)36-22-10-17-15(12-35-22)14-39(29(41)30(17)5-6-30)26-24(32)27(42-2)38-28(43-3)25(26)33/h4,9-12,21,34H,1,5-8,13-14H2,2-3H3,(H,35,36)(H,37,40). The summed E-state index contributed by atoms with van der Waals surface area (Å²) in [7, 11) is 2.35. The largest absolute Gasteiger partial charge is 0.479 e. The van der Waals surface area contributed by atoms with Gasteiger partial charge in [-0.05, 0) is 48.2 Å². The van der Waals surface area contributed by atoms with Crippen LogP contribution in [0.25, 0.3) is 0 Å². The van der Waals surface area contributed by atoms with E-state index in [-0.39, 0.29) is 29.3 Å². The van der Waals surface area contributed by atoms with Crippen molar-refractivity contribution in [2.24, 2.45) is 0 Å². The van der Waals surface area contributed by atoms with Gasteiger partial charge in [0, 0.05) is 24.8 Å². The summed E-state index contributed by atoms with van der Waals surface area (Å²) in [6.45, 7) is 4.78. The SMILES string of the molecule is C=CC(=O)Nc1cc(C2CNCCO2)c(F)cc1Nc1cc2c(cn1)CN(c1c(F)c(OC)nc(OC)c1F)C(=O)C21CC1. The molecule has 44 heavy (non-hydrogen) atoms. The molecule has 1 atom stereocenters. The third-order valence-corrected chi connectivity index (χ3v) is 8.00. The molecule has 1 saturated carbocycles. The van der Waals surface area contributed by atoms with Crippen LogP contribution < -0.4 is 30.3 Å². The third kappa shape index (κ3) is 4.99. The number of rotatable bonds is 8. The number of methoxy groups -OCH3 is 2. The summed E-state index contributed by atoms with van der Waals surface area (Å²) >= 11 is 0. The molecule has 6 rings (SSSR count). The van der Waals surface area contributed by atoms with Gasteiger partial charge in [0.25, 0.3) is 11.8 Å². The molecular weight excluding hydrogens is 581 g/mol. The summed E-state index contributed by atoms with van der Waals surface area (Å²) in [5.74, 6) is -4.54. The van der Waals surface area contributed by atoms with Crippen LogP contribution in [-0.2, 0) is 26.3 Å². The lowest BCUT2D eigenvalue weighted by Gasteiger charge is -2.35. The van der Waals surface area contributed by atoms with Gasteiger partial charge in [-0.1, -0.05) is 6.58 Å². The Kier molecular flexibility index (Phi) is 7.63. The topological polar surface area (TPSA) is 127 Å². The number of pyridine rings is 2. The van der Waals surface area contributed by atoms with E-state index in [2.05, 4.69) is 32.5 Å². The van der Waals surface area contributed by atoms with E-state index in [0.717, 1.165) is 11.0 Å². The number of amides is 2. The molecule has 1 spiro atoms. The normalized spacial score (nSPS) is 18.4. The second-order valence-electron chi connectivity index (χ2n) is 10.6. The molecule has 1 unspecified atom stereocenters. The zero-order chi connectivity index (χ0) is 31.2. The van der Waals surface area contributed by atoms with Crippen LogP contribution in [0.1, 0.15) is 35.6 Å². The van der Waals surface area contributed by atoms with Crippen molar-refractivity contribution in [2.75, 3.05) is 49.4 Å². The van der Waals surface area contributed by atoms with Crippen molar-refractivity contribution >= 4 is 34.7 Å². The predicted octanol–water partition coefficient (Wildman–Crippen LogP) is 4.02. The number of hydrogen-bond donors (Lipinski definition) is 3. The van der Waals surface area contributed by atoms with Crippen LogP contribution in [-0.4, -0.2) is 55.7 Å². The minimum atomic E-state index is -1.13. The van der Waals surface area contributed by atoms with Crippen molar-refractivity contribution in [3.8, 4) is 11.8 Å². The maximum atomic E-state index is 15.3. The zero-order valence-corrected chi connectivity index (χ0v) is 23.9. The van der Waals surface area contributed by atoms with E-state index < -0.39 is 58.2 Å². The maximum Gasteiger partial charge on any atom is 0.255 e. The first-order valence-electron chi connectivity index (χ1n) is 13.8. The molecule has 2 aliphatic heterocycles. The molecule has 0 bridgehead atoms. The summed E-state index contributed by atoms with van der Waals surface area (Å²) in [5.41, 5.74) is 0.322. The fourth-order valence-corrected chi connectivity index (χ4v) is 5.66. The average Bonchev–Trinajstić information content (AvgIpc) is 3.83. The lowest BCUT2D eigenvalue weighted by molar-refractivity contribution is -0.121. The van der Waals surface area contributed by atoms with E-state index in [1.54, 1.807) is 6.07 Å². The van der Waals surface area contributed by atoms with Crippen LogP contribution in [0.15, 0.2) is 37.1 Å². The first-order chi connectivity index (χ1) is 21.2. The number of nitrogens with one attached hydrogen (secondary N) is 3. The first-order valence-corrected chi connectivity index (χ1v) is 13.8. The van der Waals surface area contributed by atoms with Crippen molar-refractivity contribution in [3.05, 3.63) is 71.2 Å². The Morgan fingerprint density at radius 3 is 2.50 bits per heavy atom. The predicted molar refractivity (Wildman–Crippen MR) is 154 cm³/mol. The van der Waals surface area contributed by atoms with Crippen LogP contribution in [0.2, 0.25) is 0 Å². The first kappa shape index (κ1) is 29.4. The number of nitrogens with zero attached hydrogens (tertiary/aromatic N) is 3. The quantitative estimate of drug-likeness (QED) is 0.324. The van der Waals surface area contributed by atoms with E-state index in [9.17, 15) is 9.59 Å². The van der Waals surface area contributed by atoms with Crippen molar-refractivity contribution < 1.29 is 37.0 Å². The second kappa shape index (κ2) is 11.4. The highest BCUT2D eigenvalue weighted by atomic mass is 19.1. The number of halogens is 3. The Bertz CT molecular complexity index is 1650. The smallest absolute Gasteiger partial charge is 0.255 e. The van der Waals surface area contributed by atoms with Crippen molar-refractivity contribution in [1.82, 2.24) is 15.3 Å². The van der Waals surface area contributed by atoms with Gasteiger partial charge in [0.2, 0.25) is 23.4 Å². The molecule has 14 heteroatoms. The van der Waals surface area contributed by atoms with Crippen LogP contribution in [0, 0.1) is 17.5 Å². The molecule has 11 nitrogen and oxygen atoms in total. The number of carbonyl (C=O) groups is 2. The number of benzene rings is 1. The minimum Gasteiger partial charge on any atom is -0.479 e. The molecule has 3 aliphatic rings. The number of anilines is 4. The van der Waals surface area contributed by atoms with Gasteiger partial charge in [-0.15, -0.1) is 0 Å². The van der Waals surface area contributed by atoms with Crippen molar-refractivity contribution in [3.63, 3.8) is 0 Å². The number of hydrogen-bond acceptors (Lipinski definition) is 9. The Hall–Kier alpha value is -4.69. The molecule has 1 aliphatic carbocycles. The summed E-state index contributed by atoms with van der Waals surface area (Å²) in [6.07, 6.45) is 2.94. The molecular formula is C30H29F3N6O5. The maximum absolute atomic E-state index is 15.3. The molecule has 1 saturated heterocycles. The minimum absolute atomic E-state index is 0.174. The van der Waals surface area contributed by atoms with E-state index >= 15 is 13.2 Å². The lowest BCUT2D eigenvalue weighted by atomic mass is 9.86. The summed E-state index contributed by atoms with van der Waals surface area (Å²) in [6, 6.07) is 4.40. The fourth-order valence-electron chi connectivity index (χ4n) is 5.66. The fraction of sp³-hybridized carbons (Fsp3) is 0.333. The third-order valence-electron chi connectivity index (χ3n) is 8.00. The number of carbonyl (C=O) groups excluding carboxylic acids is 2. The van der Waals surface area contributed by atoms with Crippen LogP contribution >= 0.6 is 0 Å². The monoisotopic (exact) mass is 610 g/mol. The van der Waals surface area contributed by atoms with Gasteiger partial charge < -0.3 is 35.1 Å². The number of morpholine rings is 1. The molecule has 3 aromatic rings. The van der Waals surface area contributed by atoms with Crippen molar-refractivity contribution in [1.29, 1.82) is 0 Å². The lowest BCUT2D eigenvalue weighted by Crippen LogP contribution is -2.45. The van der Waals surface area contributed by atoms with Gasteiger partial charge >= 0.3 is 0 Å². The Morgan fingerprint density at radius 2 is 1.89 bits per heavy atom. The highest BCUT2D eigenvalue weighted by Crippen LogP contribution is 2.55. The number of aromatic nitrogens is 2. The van der Waals surface area contributed by atoms with Crippen LogP contribution in [0.5, 0.6) is 11.8 Å². The van der Waals surface area contributed by atoms with Gasteiger partial charge in [-0.2, -0.15) is 13.8 Å². The van der Waals surface area contributed by atoms with E-state index in [0.29, 0.717) is 43.7 Å². The molecule has 4 heterocycles. The Labute approximate surface area is 250 Å². The Balaban J connectivity index is 1.35. The van der Waals surface area contributed by atoms with E-state index in [1.165, 1.54) is 32.5 Å². The average molecular weight is 611 g/mol. The summed E-state index contributed by atoms with van der Waals surface area (Å²) in [4.78, 5) is 35.2. The second-order valence-corrected chi connectivity index (χ2v) is 10.6. The van der Waals surface area contributed by atoms with Gasteiger partial charge in [0.1, 0.15) is 17.3 Å². The Morgan fingerprint density at radius 1 is 1.16 bits per heavy atom. The zero-order valence-electron chi connectivity index (χ0n) is 23.9. The highest BCUT2D eigenvalue weighted by molar-refractivity contribution is 6.05. The van der Waals surface area contributed by atoms with Gasteiger partial charge in [-0.25, -0.2) is 9.37 Å². The summed E-state index contributed by atoms with van der Waals surface area (Å²) < 4.78 is 61.6. The van der Waals surface area contributed by atoms with Gasteiger partial charge in [0.05, 0.1) is 50.3 Å².